The molecule has 2 aliphatic rings. The summed E-state index contributed by atoms with van der Waals surface area (Å²) < 4.78 is 10.8. The third kappa shape index (κ3) is 2.17. The van der Waals surface area contributed by atoms with Gasteiger partial charge in [0.25, 0.3) is 0 Å². The van der Waals surface area contributed by atoms with Crippen molar-refractivity contribution in [2.45, 2.75) is 26.2 Å². The second-order valence-corrected chi connectivity index (χ2v) is 5.50. The smallest absolute Gasteiger partial charge is 0.231 e. The highest BCUT2D eigenvalue weighted by molar-refractivity contribution is 6.33. The zero-order valence-electron chi connectivity index (χ0n) is 10.6. The van der Waals surface area contributed by atoms with Crippen molar-refractivity contribution in [1.29, 1.82) is 0 Å². The van der Waals surface area contributed by atoms with Gasteiger partial charge in [0.1, 0.15) is 0 Å². The van der Waals surface area contributed by atoms with E-state index in [0.717, 1.165) is 41.9 Å². The third-order valence-corrected chi connectivity index (χ3v) is 4.28. The molecular weight excluding hydrogens is 250 g/mol. The van der Waals surface area contributed by atoms with Crippen molar-refractivity contribution >= 4 is 11.6 Å². The Bertz CT molecular complexity index is 456. The minimum absolute atomic E-state index is 0.283. The lowest BCUT2D eigenvalue weighted by Gasteiger charge is -2.24. The SMILES string of the molecule is Cc1cc2c(c(Cl)c1CC1CCNCC1)OCO2. The zero-order chi connectivity index (χ0) is 12.5. The Morgan fingerprint density at radius 3 is 2.89 bits per heavy atom. The van der Waals surface area contributed by atoms with E-state index in [4.69, 9.17) is 21.1 Å². The van der Waals surface area contributed by atoms with Gasteiger partial charge in [0.2, 0.25) is 6.79 Å². The summed E-state index contributed by atoms with van der Waals surface area (Å²) in [5, 5.41) is 4.14. The number of hydrogen-bond acceptors (Lipinski definition) is 3. The van der Waals surface area contributed by atoms with Gasteiger partial charge in [-0.2, -0.15) is 0 Å². The van der Waals surface area contributed by atoms with Gasteiger partial charge >= 0.3 is 0 Å². The number of aryl methyl sites for hydroxylation is 1. The molecule has 1 saturated heterocycles. The van der Waals surface area contributed by atoms with Crippen LogP contribution >= 0.6 is 11.6 Å². The predicted molar refractivity (Wildman–Crippen MR) is 71.6 cm³/mol. The molecule has 2 heterocycles. The average molecular weight is 268 g/mol. The Morgan fingerprint density at radius 2 is 2.11 bits per heavy atom. The van der Waals surface area contributed by atoms with Crippen molar-refractivity contribution in [1.82, 2.24) is 5.32 Å². The van der Waals surface area contributed by atoms with E-state index in [1.54, 1.807) is 0 Å². The van der Waals surface area contributed by atoms with Gasteiger partial charge in [-0.05, 0) is 62.4 Å². The number of benzene rings is 1. The summed E-state index contributed by atoms with van der Waals surface area (Å²) in [6.45, 7) is 4.62. The summed E-state index contributed by atoms with van der Waals surface area (Å²) in [5.74, 6) is 2.24. The maximum Gasteiger partial charge on any atom is 0.231 e. The maximum atomic E-state index is 6.46. The monoisotopic (exact) mass is 267 g/mol. The Morgan fingerprint density at radius 1 is 1.33 bits per heavy atom. The normalized spacial score (nSPS) is 19.2. The van der Waals surface area contributed by atoms with Crippen LogP contribution in [-0.2, 0) is 6.42 Å². The number of halogens is 1. The molecule has 1 aromatic rings. The van der Waals surface area contributed by atoms with Crippen LogP contribution in [0.4, 0.5) is 0 Å². The molecule has 3 nitrogen and oxygen atoms in total. The van der Waals surface area contributed by atoms with Crippen LogP contribution in [0, 0.1) is 12.8 Å². The molecule has 1 N–H and O–H groups in total. The van der Waals surface area contributed by atoms with Gasteiger partial charge in [-0.15, -0.1) is 0 Å². The van der Waals surface area contributed by atoms with Crippen molar-refractivity contribution in [3.63, 3.8) is 0 Å². The molecule has 0 bridgehead atoms. The van der Waals surface area contributed by atoms with Gasteiger partial charge < -0.3 is 14.8 Å². The average Bonchev–Trinajstić information content (AvgIpc) is 2.84. The lowest BCUT2D eigenvalue weighted by Crippen LogP contribution is -2.28. The van der Waals surface area contributed by atoms with Gasteiger partial charge in [0.15, 0.2) is 11.5 Å². The molecule has 98 valence electrons. The second-order valence-electron chi connectivity index (χ2n) is 5.12. The Hall–Kier alpha value is -0.930. The molecule has 18 heavy (non-hydrogen) atoms. The molecule has 2 aliphatic heterocycles. The van der Waals surface area contributed by atoms with Crippen LogP contribution in [0.2, 0.25) is 5.02 Å². The topological polar surface area (TPSA) is 30.5 Å². The van der Waals surface area contributed by atoms with Crippen LogP contribution in [0.3, 0.4) is 0 Å². The van der Waals surface area contributed by atoms with E-state index in [-0.39, 0.29) is 6.79 Å². The summed E-state index contributed by atoms with van der Waals surface area (Å²) in [4.78, 5) is 0. The number of ether oxygens (including phenoxy) is 2. The van der Waals surface area contributed by atoms with Crippen LogP contribution in [0.25, 0.3) is 0 Å². The number of piperidine rings is 1. The van der Waals surface area contributed by atoms with Gasteiger partial charge in [-0.3, -0.25) is 0 Å². The maximum absolute atomic E-state index is 6.46. The van der Waals surface area contributed by atoms with Crippen molar-refractivity contribution in [3.05, 3.63) is 22.2 Å². The third-order valence-electron chi connectivity index (χ3n) is 3.88. The van der Waals surface area contributed by atoms with E-state index in [1.807, 2.05) is 6.07 Å². The summed E-state index contributed by atoms with van der Waals surface area (Å²) >= 11 is 6.46. The highest BCUT2D eigenvalue weighted by Gasteiger charge is 2.24. The molecule has 1 aromatic carbocycles. The quantitative estimate of drug-likeness (QED) is 0.894. The molecule has 0 aliphatic carbocycles. The van der Waals surface area contributed by atoms with Crippen molar-refractivity contribution < 1.29 is 9.47 Å². The van der Waals surface area contributed by atoms with Crippen LogP contribution in [0.5, 0.6) is 11.5 Å². The molecule has 0 spiro atoms. The highest BCUT2D eigenvalue weighted by atomic mass is 35.5. The molecule has 0 unspecified atom stereocenters. The van der Waals surface area contributed by atoms with Crippen LogP contribution in [0.1, 0.15) is 24.0 Å². The van der Waals surface area contributed by atoms with E-state index >= 15 is 0 Å². The summed E-state index contributed by atoms with van der Waals surface area (Å²) in [6, 6.07) is 2.05. The van der Waals surface area contributed by atoms with E-state index in [9.17, 15) is 0 Å². The van der Waals surface area contributed by atoms with E-state index < -0.39 is 0 Å². The van der Waals surface area contributed by atoms with Gasteiger partial charge in [-0.1, -0.05) is 11.6 Å². The molecule has 0 aromatic heterocycles. The molecule has 3 rings (SSSR count). The fraction of sp³-hybridized carbons (Fsp3) is 0.571. The van der Waals surface area contributed by atoms with Crippen molar-refractivity contribution in [2.75, 3.05) is 19.9 Å². The Kier molecular flexibility index (Phi) is 3.35. The fourth-order valence-corrected chi connectivity index (χ4v) is 3.16. The molecule has 0 saturated carbocycles. The standard InChI is InChI=1S/C14H18ClNO2/c1-9-6-12-14(18-8-17-12)13(15)11(9)7-10-2-4-16-5-3-10/h6,10,16H,2-5,7-8H2,1H3. The van der Waals surface area contributed by atoms with E-state index in [0.29, 0.717) is 0 Å². The van der Waals surface area contributed by atoms with Gasteiger partial charge in [-0.25, -0.2) is 0 Å². The molecule has 0 amide bonds. The largest absolute Gasteiger partial charge is 0.454 e. The molecule has 1 fully saturated rings. The first-order valence-electron chi connectivity index (χ1n) is 6.54. The first kappa shape index (κ1) is 12.1. The first-order valence-corrected chi connectivity index (χ1v) is 6.92. The molecule has 4 heteroatoms. The number of rotatable bonds is 2. The number of fused-ring (bicyclic) bond motifs is 1. The Labute approximate surface area is 112 Å². The van der Waals surface area contributed by atoms with E-state index in [2.05, 4.69) is 12.2 Å². The second kappa shape index (κ2) is 4.98. The highest BCUT2D eigenvalue weighted by Crippen LogP contribution is 2.43. The van der Waals surface area contributed by atoms with Gasteiger partial charge in [0.05, 0.1) is 5.02 Å². The predicted octanol–water partition coefficient (Wildman–Crippen LogP) is 2.92. The molecule has 0 radical (unpaired) electrons. The van der Waals surface area contributed by atoms with Crippen molar-refractivity contribution in [2.24, 2.45) is 5.92 Å². The lowest BCUT2D eigenvalue weighted by atomic mass is 9.89. The lowest BCUT2D eigenvalue weighted by molar-refractivity contribution is 0.174. The zero-order valence-corrected chi connectivity index (χ0v) is 11.3. The van der Waals surface area contributed by atoms with Crippen molar-refractivity contribution in [3.8, 4) is 11.5 Å². The number of hydrogen-bond donors (Lipinski definition) is 1. The first-order chi connectivity index (χ1) is 8.75. The van der Waals surface area contributed by atoms with E-state index in [1.165, 1.54) is 24.0 Å². The molecule has 0 atom stereocenters. The summed E-state index contributed by atoms with van der Waals surface area (Å²) in [7, 11) is 0. The fourth-order valence-electron chi connectivity index (χ4n) is 2.79. The minimum Gasteiger partial charge on any atom is -0.454 e. The summed E-state index contributed by atoms with van der Waals surface area (Å²) in [5.41, 5.74) is 2.44. The van der Waals surface area contributed by atoms with Gasteiger partial charge in [0, 0.05) is 0 Å². The van der Waals surface area contributed by atoms with Crippen LogP contribution < -0.4 is 14.8 Å². The Balaban J connectivity index is 1.87. The van der Waals surface area contributed by atoms with Crippen LogP contribution in [-0.4, -0.2) is 19.9 Å². The minimum atomic E-state index is 0.283. The van der Waals surface area contributed by atoms with Crippen LogP contribution in [0.15, 0.2) is 6.07 Å². The molecular formula is C14H18ClNO2. The summed E-state index contributed by atoms with van der Waals surface area (Å²) in [6.07, 6.45) is 3.50. The number of nitrogens with one attached hydrogen (secondary N) is 1.